The van der Waals surface area contributed by atoms with E-state index in [0.717, 1.165) is 32.0 Å². The molecule has 0 unspecified atom stereocenters. The Morgan fingerprint density at radius 3 is 2.86 bits per heavy atom. The lowest BCUT2D eigenvalue weighted by molar-refractivity contribution is 0.446. The van der Waals surface area contributed by atoms with Crippen LogP contribution in [0.4, 0.5) is 0 Å². The zero-order valence-corrected chi connectivity index (χ0v) is 11.0. The van der Waals surface area contributed by atoms with Crippen molar-refractivity contribution in [1.82, 2.24) is 5.16 Å². The van der Waals surface area contributed by atoms with Crippen molar-refractivity contribution in [2.75, 3.05) is 5.88 Å². The Kier molecular flexibility index (Phi) is 3.14. The number of hydrogen-bond donors (Lipinski definition) is 0. The van der Waals surface area contributed by atoms with Gasteiger partial charge in [-0.2, -0.15) is 0 Å². The Morgan fingerprint density at radius 1 is 1.36 bits per heavy atom. The molecule has 0 aliphatic heterocycles. The summed E-state index contributed by atoms with van der Waals surface area (Å²) in [6, 6.07) is 3.91. The number of alkyl halides is 1. The molecule has 0 fully saturated rings. The molecule has 74 valence electrons. The molecule has 5 heteroatoms. The van der Waals surface area contributed by atoms with Crippen LogP contribution in [0.3, 0.4) is 0 Å². The van der Waals surface area contributed by atoms with Crippen LogP contribution in [0, 0.1) is 0 Å². The molecular weight excluding hydrogens is 333 g/mol. The van der Waals surface area contributed by atoms with Gasteiger partial charge in [-0.05, 0) is 28.1 Å². The molecule has 2 rings (SSSR count). The first kappa shape index (κ1) is 10.5. The van der Waals surface area contributed by atoms with Gasteiger partial charge >= 0.3 is 0 Å². The maximum absolute atomic E-state index is 5.67. The third-order valence-electron chi connectivity index (χ3n) is 1.90. The fourth-order valence-electron chi connectivity index (χ4n) is 1.29. The molecule has 0 aliphatic carbocycles. The predicted octanol–water partition coefficient (Wildman–Crippen LogP) is 4.13. The molecule has 1 aromatic carbocycles. The topological polar surface area (TPSA) is 26.0 Å². The van der Waals surface area contributed by atoms with Crippen LogP contribution < -0.4 is 0 Å². The van der Waals surface area contributed by atoms with E-state index < -0.39 is 0 Å². The molecule has 2 nitrogen and oxygen atoms in total. The fraction of sp³-hybridized carbons (Fsp3) is 0.222. The van der Waals surface area contributed by atoms with E-state index in [0.29, 0.717) is 5.88 Å². The van der Waals surface area contributed by atoms with Crippen LogP contribution in [0.2, 0.25) is 0 Å². The maximum Gasteiger partial charge on any atom is 0.181 e. The van der Waals surface area contributed by atoms with Crippen molar-refractivity contribution in [2.45, 2.75) is 6.42 Å². The standard InChI is InChI=1S/C9H6Br2ClNO/c10-5-3-6-8(1-2-12)13-14-9(6)7(11)4-5/h3-4H,1-2H2. The predicted molar refractivity (Wildman–Crippen MR) is 63.8 cm³/mol. The van der Waals surface area contributed by atoms with Crippen LogP contribution in [0.15, 0.2) is 25.6 Å². The van der Waals surface area contributed by atoms with Crippen molar-refractivity contribution in [1.29, 1.82) is 0 Å². The van der Waals surface area contributed by atoms with Gasteiger partial charge in [-0.1, -0.05) is 21.1 Å². The lowest BCUT2D eigenvalue weighted by Gasteiger charge is -1.95. The summed E-state index contributed by atoms with van der Waals surface area (Å²) < 4.78 is 7.11. The van der Waals surface area contributed by atoms with E-state index in [1.165, 1.54) is 0 Å². The molecule has 14 heavy (non-hydrogen) atoms. The normalized spacial score (nSPS) is 11.1. The van der Waals surface area contributed by atoms with Crippen molar-refractivity contribution in [3.63, 3.8) is 0 Å². The minimum Gasteiger partial charge on any atom is -0.355 e. The van der Waals surface area contributed by atoms with Gasteiger partial charge in [-0.25, -0.2) is 0 Å². The molecule has 1 aromatic heterocycles. The molecule has 0 aliphatic rings. The molecule has 0 saturated heterocycles. The van der Waals surface area contributed by atoms with Crippen LogP contribution in [0.1, 0.15) is 5.69 Å². The van der Waals surface area contributed by atoms with E-state index in [2.05, 4.69) is 37.0 Å². The molecule has 0 N–H and O–H groups in total. The Morgan fingerprint density at radius 2 is 2.14 bits per heavy atom. The summed E-state index contributed by atoms with van der Waals surface area (Å²) in [6.07, 6.45) is 0.720. The molecule has 0 spiro atoms. The first-order valence-corrected chi connectivity index (χ1v) is 6.13. The monoisotopic (exact) mass is 337 g/mol. The SMILES string of the molecule is ClCCc1noc2c(Br)cc(Br)cc12. The van der Waals surface area contributed by atoms with Gasteiger partial charge < -0.3 is 4.52 Å². The second kappa shape index (κ2) is 4.21. The Hall–Kier alpha value is -0.0600. The summed E-state index contributed by atoms with van der Waals surface area (Å²) in [4.78, 5) is 0. The average molecular weight is 339 g/mol. The maximum atomic E-state index is 5.67. The molecule has 0 radical (unpaired) electrons. The largest absolute Gasteiger partial charge is 0.355 e. The fourth-order valence-corrected chi connectivity index (χ4v) is 2.76. The summed E-state index contributed by atoms with van der Waals surface area (Å²) in [5.41, 5.74) is 1.67. The van der Waals surface area contributed by atoms with E-state index in [1.807, 2.05) is 12.1 Å². The van der Waals surface area contributed by atoms with E-state index in [9.17, 15) is 0 Å². The van der Waals surface area contributed by atoms with Gasteiger partial charge in [0.1, 0.15) is 0 Å². The van der Waals surface area contributed by atoms with Crippen molar-refractivity contribution < 1.29 is 4.52 Å². The van der Waals surface area contributed by atoms with Crippen LogP contribution in [0.5, 0.6) is 0 Å². The van der Waals surface area contributed by atoms with Crippen molar-refractivity contribution in [3.8, 4) is 0 Å². The summed E-state index contributed by atoms with van der Waals surface area (Å²) >= 11 is 12.5. The van der Waals surface area contributed by atoms with Gasteiger partial charge in [0.05, 0.1) is 10.2 Å². The van der Waals surface area contributed by atoms with Crippen LogP contribution in [-0.2, 0) is 6.42 Å². The number of hydrogen-bond acceptors (Lipinski definition) is 2. The Labute approximate surface area is 103 Å². The molecule has 0 bridgehead atoms. The molecule has 0 saturated carbocycles. The van der Waals surface area contributed by atoms with Crippen molar-refractivity contribution in [3.05, 3.63) is 26.8 Å². The molecule has 1 heterocycles. The first-order chi connectivity index (χ1) is 6.72. The van der Waals surface area contributed by atoms with E-state index in [4.69, 9.17) is 16.1 Å². The highest BCUT2D eigenvalue weighted by molar-refractivity contribution is 9.11. The average Bonchev–Trinajstić information content (AvgIpc) is 2.49. The zero-order chi connectivity index (χ0) is 10.1. The highest BCUT2D eigenvalue weighted by Gasteiger charge is 2.11. The Balaban J connectivity index is 2.66. The second-order valence-corrected chi connectivity index (χ2v) is 4.98. The molecule has 0 amide bonds. The quantitative estimate of drug-likeness (QED) is 0.769. The highest BCUT2D eigenvalue weighted by atomic mass is 79.9. The van der Waals surface area contributed by atoms with Crippen LogP contribution in [-0.4, -0.2) is 11.0 Å². The summed E-state index contributed by atoms with van der Waals surface area (Å²) in [5.74, 6) is 0.547. The zero-order valence-electron chi connectivity index (χ0n) is 7.06. The van der Waals surface area contributed by atoms with Gasteiger partial charge in [-0.3, -0.25) is 0 Å². The highest BCUT2D eigenvalue weighted by Crippen LogP contribution is 2.30. The summed E-state index contributed by atoms with van der Waals surface area (Å²) in [7, 11) is 0. The number of aryl methyl sites for hydroxylation is 1. The van der Waals surface area contributed by atoms with Gasteiger partial charge in [0.2, 0.25) is 0 Å². The smallest absolute Gasteiger partial charge is 0.181 e. The summed E-state index contributed by atoms with van der Waals surface area (Å²) in [5, 5.41) is 4.98. The summed E-state index contributed by atoms with van der Waals surface area (Å²) in [6.45, 7) is 0. The second-order valence-electron chi connectivity index (χ2n) is 2.83. The van der Waals surface area contributed by atoms with E-state index >= 15 is 0 Å². The number of nitrogens with zero attached hydrogens (tertiary/aromatic N) is 1. The first-order valence-electron chi connectivity index (χ1n) is 4.01. The minimum absolute atomic E-state index is 0.547. The van der Waals surface area contributed by atoms with Gasteiger partial charge in [0, 0.05) is 22.2 Å². The van der Waals surface area contributed by atoms with Gasteiger partial charge in [0.15, 0.2) is 5.58 Å². The number of aromatic nitrogens is 1. The van der Waals surface area contributed by atoms with E-state index in [-0.39, 0.29) is 0 Å². The lowest BCUT2D eigenvalue weighted by atomic mass is 10.2. The lowest BCUT2D eigenvalue weighted by Crippen LogP contribution is -1.85. The van der Waals surface area contributed by atoms with Crippen molar-refractivity contribution in [2.24, 2.45) is 0 Å². The number of halogens is 3. The van der Waals surface area contributed by atoms with Crippen LogP contribution in [0.25, 0.3) is 11.0 Å². The third kappa shape index (κ3) is 1.83. The number of rotatable bonds is 2. The molecule has 0 atom stereocenters. The Bertz CT molecular complexity index is 469. The molecular formula is C9H6Br2ClNO. The third-order valence-corrected chi connectivity index (χ3v) is 3.13. The van der Waals surface area contributed by atoms with E-state index in [1.54, 1.807) is 0 Å². The minimum atomic E-state index is 0.547. The van der Waals surface area contributed by atoms with Crippen LogP contribution >= 0.6 is 43.5 Å². The van der Waals surface area contributed by atoms with Gasteiger partial charge in [0.25, 0.3) is 0 Å². The van der Waals surface area contributed by atoms with Gasteiger partial charge in [-0.15, -0.1) is 11.6 Å². The number of benzene rings is 1. The van der Waals surface area contributed by atoms with Crippen molar-refractivity contribution >= 4 is 54.4 Å². The number of fused-ring (bicyclic) bond motifs is 1. The molecule has 2 aromatic rings.